The van der Waals surface area contributed by atoms with Crippen molar-refractivity contribution in [3.05, 3.63) is 77.0 Å². The van der Waals surface area contributed by atoms with Gasteiger partial charge in [-0.3, -0.25) is 10.1 Å². The van der Waals surface area contributed by atoms with Gasteiger partial charge in [-0.1, -0.05) is 19.9 Å². The minimum absolute atomic E-state index is 0.135. The van der Waals surface area contributed by atoms with Gasteiger partial charge < -0.3 is 5.11 Å². The fourth-order valence-electron chi connectivity index (χ4n) is 6.22. The summed E-state index contributed by atoms with van der Waals surface area (Å²) in [5.74, 6) is -1.19. The Morgan fingerprint density at radius 3 is 2.50 bits per heavy atom. The first-order valence-electron chi connectivity index (χ1n) is 12.0. The third-order valence-corrected chi connectivity index (χ3v) is 8.15. The Morgan fingerprint density at radius 1 is 1.06 bits per heavy atom. The molecule has 2 atom stereocenters. The minimum atomic E-state index is -1.09. The topological polar surface area (TPSA) is 100 Å². The molecule has 3 aromatic heterocycles. The van der Waals surface area contributed by atoms with E-state index in [1.807, 2.05) is 0 Å². The molecule has 3 heterocycles. The lowest BCUT2D eigenvalue weighted by Gasteiger charge is -2.37. The second-order valence-corrected chi connectivity index (χ2v) is 10.9. The maximum atomic E-state index is 14.5. The van der Waals surface area contributed by atoms with Gasteiger partial charge in [-0.15, -0.1) is 5.10 Å². The van der Waals surface area contributed by atoms with Gasteiger partial charge in [-0.05, 0) is 67.9 Å². The molecule has 1 aromatic carbocycles. The van der Waals surface area contributed by atoms with Crippen molar-refractivity contribution in [1.82, 2.24) is 30.4 Å². The number of rotatable bonds is 4. The number of benzene rings is 1. The standard InChI is InChI=1S/C27H26F2N6O/c1-25(2)15-8-9-27(25,22-13-30-12-20(31-22)18-11-21(34-32-18)26(3,4)36)24-14(15)10-19(33-35-24)23-16(28)6-5-7-17(23)29/h5-7,10-13,15,36H,8-9H2,1-4H3,(H,32,34)/t15-,27-/m0/s1. The van der Waals surface area contributed by atoms with Gasteiger partial charge >= 0.3 is 0 Å². The Bertz CT molecular complexity index is 1490. The molecule has 36 heavy (non-hydrogen) atoms. The van der Waals surface area contributed by atoms with Crippen LogP contribution in [0.5, 0.6) is 0 Å². The van der Waals surface area contributed by atoms with Crippen molar-refractivity contribution in [1.29, 1.82) is 0 Å². The van der Waals surface area contributed by atoms with Crippen molar-refractivity contribution in [2.75, 3.05) is 0 Å². The van der Waals surface area contributed by atoms with Crippen LogP contribution in [0.4, 0.5) is 8.78 Å². The van der Waals surface area contributed by atoms with Crippen LogP contribution in [0.3, 0.4) is 0 Å². The maximum Gasteiger partial charge on any atom is 0.135 e. The summed E-state index contributed by atoms with van der Waals surface area (Å²) in [6.07, 6.45) is 5.13. The van der Waals surface area contributed by atoms with E-state index < -0.39 is 22.7 Å². The van der Waals surface area contributed by atoms with E-state index in [1.54, 1.807) is 38.4 Å². The number of H-pyrrole nitrogens is 1. The molecule has 1 saturated carbocycles. The Balaban J connectivity index is 1.48. The second-order valence-electron chi connectivity index (χ2n) is 10.9. The largest absolute Gasteiger partial charge is 0.384 e. The second kappa shape index (κ2) is 7.46. The Hall–Kier alpha value is -3.59. The summed E-state index contributed by atoms with van der Waals surface area (Å²) in [5, 5.41) is 26.3. The summed E-state index contributed by atoms with van der Waals surface area (Å²) in [7, 11) is 0. The van der Waals surface area contributed by atoms with Crippen molar-refractivity contribution >= 4 is 0 Å². The van der Waals surface area contributed by atoms with Gasteiger partial charge in [0.05, 0.1) is 45.6 Å². The summed E-state index contributed by atoms with van der Waals surface area (Å²) < 4.78 is 29.0. The minimum Gasteiger partial charge on any atom is -0.384 e. The van der Waals surface area contributed by atoms with E-state index in [0.29, 0.717) is 17.1 Å². The molecule has 0 amide bonds. The molecule has 7 nitrogen and oxygen atoms in total. The highest BCUT2D eigenvalue weighted by Gasteiger charge is 2.65. The monoisotopic (exact) mass is 488 g/mol. The molecule has 9 heteroatoms. The number of hydrogen-bond acceptors (Lipinski definition) is 6. The van der Waals surface area contributed by atoms with Gasteiger partial charge in [0.15, 0.2) is 0 Å². The highest BCUT2D eigenvalue weighted by atomic mass is 19.1. The average molecular weight is 489 g/mol. The van der Waals surface area contributed by atoms with Gasteiger partial charge in [-0.2, -0.15) is 10.2 Å². The number of fused-ring (bicyclic) bond motifs is 5. The summed E-state index contributed by atoms with van der Waals surface area (Å²) >= 11 is 0. The molecule has 0 aliphatic heterocycles. The number of halogens is 2. The van der Waals surface area contributed by atoms with Crippen molar-refractivity contribution in [2.45, 2.75) is 57.5 Å². The molecule has 2 aliphatic rings. The molecule has 0 spiro atoms. The Labute approximate surface area is 207 Å². The van der Waals surface area contributed by atoms with Crippen molar-refractivity contribution < 1.29 is 13.9 Å². The van der Waals surface area contributed by atoms with Gasteiger partial charge in [0.25, 0.3) is 0 Å². The number of hydrogen-bond donors (Lipinski definition) is 2. The molecular weight excluding hydrogens is 462 g/mol. The lowest BCUT2D eigenvalue weighted by atomic mass is 9.66. The van der Waals surface area contributed by atoms with Crippen LogP contribution in [-0.2, 0) is 11.0 Å². The molecule has 2 aliphatic carbocycles. The van der Waals surface area contributed by atoms with Crippen LogP contribution in [0.2, 0.25) is 0 Å². The first kappa shape index (κ1) is 22.8. The van der Waals surface area contributed by atoms with Crippen molar-refractivity contribution in [2.24, 2.45) is 5.41 Å². The first-order valence-corrected chi connectivity index (χ1v) is 12.0. The van der Waals surface area contributed by atoms with Crippen LogP contribution in [-0.4, -0.2) is 35.5 Å². The van der Waals surface area contributed by atoms with Crippen molar-refractivity contribution in [3.63, 3.8) is 0 Å². The average Bonchev–Trinajstić information content (AvgIpc) is 3.48. The zero-order chi connectivity index (χ0) is 25.5. The lowest BCUT2D eigenvalue weighted by molar-refractivity contribution is 0.0738. The highest BCUT2D eigenvalue weighted by molar-refractivity contribution is 5.64. The number of nitrogens with one attached hydrogen (secondary N) is 1. The molecule has 184 valence electrons. The summed E-state index contributed by atoms with van der Waals surface area (Å²) in [6.45, 7) is 7.72. The lowest BCUT2D eigenvalue weighted by Crippen LogP contribution is -2.38. The van der Waals surface area contributed by atoms with Crippen LogP contribution in [0, 0.1) is 17.0 Å². The molecular formula is C27H26F2N6O. The predicted octanol–water partition coefficient (Wildman–Crippen LogP) is 5.03. The van der Waals surface area contributed by atoms with E-state index in [1.165, 1.54) is 18.2 Å². The summed E-state index contributed by atoms with van der Waals surface area (Å²) in [6, 6.07) is 7.35. The zero-order valence-corrected chi connectivity index (χ0v) is 20.5. The molecule has 1 fully saturated rings. The molecule has 6 rings (SSSR count). The first-order chi connectivity index (χ1) is 17.0. The number of aliphatic hydroxyl groups is 1. The summed E-state index contributed by atoms with van der Waals surface area (Å²) in [4.78, 5) is 9.49. The fourth-order valence-corrected chi connectivity index (χ4v) is 6.22. The molecule has 0 saturated heterocycles. The van der Waals surface area contributed by atoms with Crippen LogP contribution < -0.4 is 0 Å². The quantitative estimate of drug-likeness (QED) is 0.418. The van der Waals surface area contributed by atoms with Crippen LogP contribution in [0.1, 0.15) is 69.1 Å². The smallest absolute Gasteiger partial charge is 0.135 e. The number of nitrogens with zero attached hydrogens (tertiary/aromatic N) is 5. The molecule has 0 unspecified atom stereocenters. The van der Waals surface area contributed by atoms with Crippen molar-refractivity contribution in [3.8, 4) is 22.6 Å². The Kier molecular flexibility index (Phi) is 4.73. The van der Waals surface area contributed by atoms with Gasteiger partial charge in [0, 0.05) is 6.20 Å². The zero-order valence-electron chi connectivity index (χ0n) is 20.5. The molecule has 2 bridgehead atoms. The third kappa shape index (κ3) is 3.01. The predicted molar refractivity (Wildman–Crippen MR) is 129 cm³/mol. The Morgan fingerprint density at radius 2 is 1.81 bits per heavy atom. The fraction of sp³-hybridized carbons (Fsp3) is 0.370. The van der Waals surface area contributed by atoms with E-state index >= 15 is 0 Å². The van der Waals surface area contributed by atoms with Gasteiger partial charge in [0.2, 0.25) is 0 Å². The molecule has 4 aromatic rings. The third-order valence-electron chi connectivity index (χ3n) is 8.15. The van der Waals surface area contributed by atoms with Gasteiger partial charge in [-0.25, -0.2) is 13.8 Å². The van der Waals surface area contributed by atoms with E-state index in [0.717, 1.165) is 29.8 Å². The van der Waals surface area contributed by atoms with Crippen LogP contribution >= 0.6 is 0 Å². The SMILES string of the molecule is CC(C)(O)c1cc(-c2cncc([C@@]34CC[C@@H](c5cc(-c6c(F)cccc6F)nnc53)C4(C)C)n2)[nH]n1. The van der Waals surface area contributed by atoms with Crippen LogP contribution in [0.25, 0.3) is 22.6 Å². The van der Waals surface area contributed by atoms with Crippen LogP contribution in [0.15, 0.2) is 42.7 Å². The normalized spacial score (nSPS) is 22.1. The van der Waals surface area contributed by atoms with E-state index in [2.05, 4.69) is 39.2 Å². The van der Waals surface area contributed by atoms with E-state index in [4.69, 9.17) is 4.98 Å². The maximum absolute atomic E-state index is 14.5. The molecule has 2 N–H and O–H groups in total. The number of aromatic amines is 1. The van der Waals surface area contributed by atoms with E-state index in [-0.39, 0.29) is 22.6 Å². The number of aromatic nitrogens is 6. The summed E-state index contributed by atoms with van der Waals surface area (Å²) in [5.41, 5.74) is 2.41. The highest BCUT2D eigenvalue weighted by Crippen LogP contribution is 2.69. The van der Waals surface area contributed by atoms with E-state index in [9.17, 15) is 13.9 Å². The van der Waals surface area contributed by atoms with Gasteiger partial charge in [0.1, 0.15) is 22.9 Å². The molecule has 0 radical (unpaired) electrons.